The van der Waals surface area contributed by atoms with Crippen molar-refractivity contribution in [1.29, 1.82) is 0 Å². The highest BCUT2D eigenvalue weighted by atomic mass is 31.2. The highest BCUT2D eigenvalue weighted by Crippen LogP contribution is 2.69. The summed E-state index contributed by atoms with van der Waals surface area (Å²) in [4.78, 5) is 48.1. The van der Waals surface area contributed by atoms with E-state index in [4.69, 9.17) is 0 Å². The summed E-state index contributed by atoms with van der Waals surface area (Å²) in [5, 5.41) is 1.43. The van der Waals surface area contributed by atoms with Crippen LogP contribution in [0.4, 0.5) is 0 Å². The topological polar surface area (TPSA) is 156 Å². The Bertz CT molecular complexity index is 404. The van der Waals surface area contributed by atoms with Crippen LogP contribution in [0.25, 0.3) is 0 Å². The van der Waals surface area contributed by atoms with Gasteiger partial charge in [-0.1, -0.05) is 0 Å². The van der Waals surface area contributed by atoms with E-state index in [1.54, 1.807) is 0 Å². The molecule has 0 radical (unpaired) electrons. The molecule has 1 fully saturated rings. The molecule has 17 heavy (non-hydrogen) atoms. The molecule has 0 aromatic carbocycles. The highest BCUT2D eigenvalue weighted by Gasteiger charge is 2.66. The quantitative estimate of drug-likeness (QED) is 0.335. The fraction of sp³-hybridized carbons (Fsp3) is 0.833. The minimum atomic E-state index is -5.20. The first-order valence-electron chi connectivity index (χ1n) is 4.63. The average Bonchev–Trinajstić information content (AvgIpc) is 2.06. The lowest BCUT2D eigenvalue weighted by Crippen LogP contribution is -2.69. The summed E-state index contributed by atoms with van der Waals surface area (Å²) in [6, 6.07) is -2.53. The lowest BCUT2D eigenvalue weighted by molar-refractivity contribution is -0.125. The van der Waals surface area contributed by atoms with Gasteiger partial charge >= 0.3 is 15.2 Å². The van der Waals surface area contributed by atoms with Gasteiger partial charge in [-0.2, -0.15) is 0 Å². The van der Waals surface area contributed by atoms with Gasteiger partial charge in [-0.15, -0.1) is 0 Å². The minimum Gasteiger partial charge on any atom is -0.349 e. The molecule has 11 heteroatoms. The van der Waals surface area contributed by atoms with Gasteiger partial charge in [0, 0.05) is 0 Å². The van der Waals surface area contributed by atoms with Crippen LogP contribution in [0.2, 0.25) is 0 Å². The van der Waals surface area contributed by atoms with Gasteiger partial charge < -0.3 is 24.9 Å². The van der Waals surface area contributed by atoms with Crippen LogP contribution in [-0.2, 0) is 13.9 Å². The zero-order chi connectivity index (χ0) is 13.6. The summed E-state index contributed by atoms with van der Waals surface area (Å²) in [5.74, 6) is -0.588. The van der Waals surface area contributed by atoms with Crippen LogP contribution in [-0.4, -0.2) is 42.6 Å². The zero-order valence-corrected chi connectivity index (χ0v) is 10.9. The summed E-state index contributed by atoms with van der Waals surface area (Å²) in [7, 11) is -10.4. The van der Waals surface area contributed by atoms with Gasteiger partial charge in [0.2, 0.25) is 10.9 Å². The summed E-state index contributed by atoms with van der Waals surface area (Å²) < 4.78 is 22.8. The van der Waals surface area contributed by atoms with Gasteiger partial charge in [0.1, 0.15) is 0 Å². The number of nitrogens with one attached hydrogen (secondary N) is 2. The zero-order valence-electron chi connectivity index (χ0n) is 9.06. The van der Waals surface area contributed by atoms with Gasteiger partial charge in [-0.25, -0.2) is 0 Å². The standard InChI is InChI=1S/C6H14N2O7P2/c1-3-5(9)7-4(2)6(8-3,16(10,11)12)17(13,14)15/h3-4,8H,1-2H3,(H,7,9)(H2,10,11,12)(H2,13,14,15). The highest BCUT2D eigenvalue weighted by molar-refractivity contribution is 7.72. The molecule has 1 aliphatic heterocycles. The Morgan fingerprint density at radius 1 is 1.12 bits per heavy atom. The summed E-state index contributed by atoms with van der Waals surface area (Å²) in [6.45, 7) is 2.37. The molecule has 6 N–H and O–H groups in total. The molecule has 1 amide bonds. The first-order valence-corrected chi connectivity index (χ1v) is 7.85. The van der Waals surface area contributed by atoms with Crippen LogP contribution in [0.5, 0.6) is 0 Å². The third-order valence-electron chi connectivity index (χ3n) is 2.67. The first kappa shape index (κ1) is 14.8. The van der Waals surface area contributed by atoms with E-state index in [2.05, 4.69) is 10.6 Å². The fourth-order valence-electron chi connectivity index (χ4n) is 1.79. The second-order valence-corrected chi connectivity index (χ2v) is 7.85. The first-order chi connectivity index (χ1) is 7.43. The molecule has 0 bridgehead atoms. The van der Waals surface area contributed by atoms with Crippen molar-refractivity contribution >= 4 is 21.1 Å². The molecule has 0 saturated carbocycles. The third-order valence-corrected chi connectivity index (χ3v) is 7.05. The summed E-state index contributed by atoms with van der Waals surface area (Å²) >= 11 is 0. The van der Waals surface area contributed by atoms with Gasteiger partial charge in [-0.3, -0.25) is 19.2 Å². The van der Waals surface area contributed by atoms with Crippen LogP contribution in [0, 0.1) is 0 Å². The minimum absolute atomic E-state index is 0.588. The maximum absolute atomic E-state index is 11.4. The van der Waals surface area contributed by atoms with Crippen LogP contribution in [0.15, 0.2) is 0 Å². The number of carbonyl (C=O) groups excluding carboxylic acids is 1. The van der Waals surface area contributed by atoms with Crippen LogP contribution in [0.1, 0.15) is 13.8 Å². The maximum Gasteiger partial charge on any atom is 0.360 e. The second kappa shape index (κ2) is 4.13. The van der Waals surface area contributed by atoms with E-state index in [-0.39, 0.29) is 0 Å². The van der Waals surface area contributed by atoms with E-state index in [0.717, 1.165) is 6.92 Å². The molecule has 0 aliphatic carbocycles. The molecular weight excluding hydrogens is 274 g/mol. The van der Waals surface area contributed by atoms with E-state index in [1.807, 2.05) is 0 Å². The van der Waals surface area contributed by atoms with Gasteiger partial charge in [-0.05, 0) is 13.8 Å². The smallest absolute Gasteiger partial charge is 0.349 e. The molecular formula is C6H14N2O7P2. The van der Waals surface area contributed by atoms with Crippen LogP contribution < -0.4 is 10.6 Å². The van der Waals surface area contributed by atoms with E-state index < -0.39 is 38.2 Å². The van der Waals surface area contributed by atoms with Crippen molar-refractivity contribution in [3.8, 4) is 0 Å². The molecule has 1 aliphatic rings. The predicted molar refractivity (Wildman–Crippen MR) is 57.0 cm³/mol. The number of hydrogen-bond acceptors (Lipinski definition) is 4. The molecule has 2 atom stereocenters. The third kappa shape index (κ3) is 2.20. The van der Waals surface area contributed by atoms with Gasteiger partial charge in [0.25, 0.3) is 0 Å². The van der Waals surface area contributed by atoms with Crippen molar-refractivity contribution in [2.45, 2.75) is 31.0 Å². The van der Waals surface area contributed by atoms with Crippen molar-refractivity contribution in [3.63, 3.8) is 0 Å². The molecule has 9 nitrogen and oxygen atoms in total. The normalized spacial score (nSPS) is 29.9. The monoisotopic (exact) mass is 288 g/mol. The molecule has 2 unspecified atom stereocenters. The molecule has 1 saturated heterocycles. The maximum atomic E-state index is 11.4. The van der Waals surface area contributed by atoms with Crippen LogP contribution >= 0.6 is 15.2 Å². The summed E-state index contributed by atoms with van der Waals surface area (Å²) in [6.07, 6.45) is 0. The van der Waals surface area contributed by atoms with Crippen molar-refractivity contribution in [1.82, 2.24) is 10.6 Å². The largest absolute Gasteiger partial charge is 0.360 e. The van der Waals surface area contributed by atoms with E-state index in [9.17, 15) is 33.5 Å². The van der Waals surface area contributed by atoms with Crippen molar-refractivity contribution < 1.29 is 33.5 Å². The predicted octanol–water partition coefficient (Wildman–Crippen LogP) is -1.51. The Kier molecular flexibility index (Phi) is 3.60. The number of hydrogen-bond donors (Lipinski definition) is 6. The molecule has 0 spiro atoms. The van der Waals surface area contributed by atoms with Crippen molar-refractivity contribution in [3.05, 3.63) is 0 Å². The molecule has 0 aromatic heterocycles. The lowest BCUT2D eigenvalue weighted by Gasteiger charge is -2.45. The summed E-state index contributed by atoms with van der Waals surface area (Å²) in [5.41, 5.74) is 0. The Hall–Kier alpha value is -0.270. The van der Waals surface area contributed by atoms with Gasteiger partial charge in [0.15, 0.2) is 0 Å². The Morgan fingerprint density at radius 2 is 1.53 bits per heavy atom. The van der Waals surface area contributed by atoms with Crippen molar-refractivity contribution in [2.75, 3.05) is 0 Å². The average molecular weight is 288 g/mol. The SMILES string of the molecule is CC1NC(P(=O)(O)O)(P(=O)(O)O)C(C)NC1=O. The molecule has 0 aromatic rings. The Morgan fingerprint density at radius 3 is 1.88 bits per heavy atom. The number of piperazine rings is 1. The molecule has 100 valence electrons. The van der Waals surface area contributed by atoms with Gasteiger partial charge in [0.05, 0.1) is 12.1 Å². The number of amides is 1. The van der Waals surface area contributed by atoms with Crippen LogP contribution in [0.3, 0.4) is 0 Å². The van der Waals surface area contributed by atoms with Crippen molar-refractivity contribution in [2.24, 2.45) is 0 Å². The fourth-order valence-corrected chi connectivity index (χ4v) is 5.01. The molecule has 1 heterocycles. The number of rotatable bonds is 2. The molecule has 1 rings (SSSR count). The van der Waals surface area contributed by atoms with E-state index >= 15 is 0 Å². The van der Waals surface area contributed by atoms with E-state index in [1.165, 1.54) is 6.92 Å². The second-order valence-electron chi connectivity index (χ2n) is 3.91. The van der Waals surface area contributed by atoms with E-state index in [0.29, 0.717) is 0 Å². The lowest BCUT2D eigenvalue weighted by atomic mass is 10.2. The Balaban J connectivity index is 3.40. The Labute approximate surface area is 96.9 Å². The number of carbonyl (C=O) groups is 1.